The molecule has 0 aromatic heterocycles. The quantitative estimate of drug-likeness (QED) is 0.789. The summed E-state index contributed by atoms with van der Waals surface area (Å²) in [6.07, 6.45) is 6.67. The molecule has 1 saturated heterocycles. The van der Waals surface area contributed by atoms with Crippen LogP contribution in [0.25, 0.3) is 0 Å². The number of nitrogens with one attached hydrogen (secondary N) is 1. The fourth-order valence-corrected chi connectivity index (χ4v) is 3.53. The van der Waals surface area contributed by atoms with Crippen LogP contribution in [0.1, 0.15) is 30.4 Å². The first-order chi connectivity index (χ1) is 9.42. The Balaban J connectivity index is 1.29. The fraction of sp³-hybridized carbons (Fsp3) is 0.647. The predicted octanol–water partition coefficient (Wildman–Crippen LogP) is 2.48. The number of hydrogen-bond donors (Lipinski definition) is 1. The fourth-order valence-electron chi connectivity index (χ4n) is 3.53. The van der Waals surface area contributed by atoms with Gasteiger partial charge in [0.2, 0.25) is 0 Å². The molecule has 2 heteroatoms. The molecule has 1 fully saturated rings. The topological polar surface area (TPSA) is 15.3 Å². The third-order valence-corrected chi connectivity index (χ3v) is 4.60. The van der Waals surface area contributed by atoms with Gasteiger partial charge in [-0.25, -0.2) is 0 Å². The summed E-state index contributed by atoms with van der Waals surface area (Å²) in [6.45, 7) is 6.33. The van der Waals surface area contributed by atoms with Gasteiger partial charge >= 0.3 is 0 Å². The second kappa shape index (κ2) is 6.53. The molecule has 104 valence electrons. The maximum Gasteiger partial charge on any atom is -0.000664 e. The Morgan fingerprint density at radius 3 is 2.42 bits per heavy atom. The molecule has 1 aliphatic heterocycles. The van der Waals surface area contributed by atoms with Gasteiger partial charge in [-0.2, -0.15) is 0 Å². The van der Waals surface area contributed by atoms with Crippen LogP contribution in [0.2, 0.25) is 0 Å². The van der Waals surface area contributed by atoms with Crippen molar-refractivity contribution in [3.05, 3.63) is 35.4 Å². The van der Waals surface area contributed by atoms with E-state index in [1.165, 1.54) is 64.8 Å². The average Bonchev–Trinajstić information content (AvgIpc) is 3.06. The normalized spacial score (nSPS) is 20.0. The molecule has 1 N–H and O–H groups in total. The van der Waals surface area contributed by atoms with Gasteiger partial charge in [0, 0.05) is 0 Å². The van der Waals surface area contributed by atoms with E-state index in [2.05, 4.69) is 34.5 Å². The number of likely N-dealkylation sites (tertiary alicyclic amines) is 1. The molecule has 0 spiro atoms. The molecule has 1 heterocycles. The van der Waals surface area contributed by atoms with Crippen LogP contribution in [0.4, 0.5) is 0 Å². The summed E-state index contributed by atoms with van der Waals surface area (Å²) >= 11 is 0. The molecule has 0 amide bonds. The van der Waals surface area contributed by atoms with Gasteiger partial charge in [0.15, 0.2) is 0 Å². The second-order valence-corrected chi connectivity index (χ2v) is 6.15. The summed E-state index contributed by atoms with van der Waals surface area (Å²) in [5.41, 5.74) is 3.15. The first kappa shape index (κ1) is 13.1. The number of hydrogen-bond acceptors (Lipinski definition) is 2. The van der Waals surface area contributed by atoms with Crippen LogP contribution < -0.4 is 5.32 Å². The minimum atomic E-state index is 0.823. The van der Waals surface area contributed by atoms with Crippen molar-refractivity contribution >= 4 is 0 Å². The molecule has 0 radical (unpaired) electrons. The lowest BCUT2D eigenvalue weighted by Crippen LogP contribution is -2.28. The Morgan fingerprint density at radius 1 is 1.05 bits per heavy atom. The Bertz CT molecular complexity index is 371. The first-order valence-corrected chi connectivity index (χ1v) is 7.91. The minimum absolute atomic E-state index is 0.823. The summed E-state index contributed by atoms with van der Waals surface area (Å²) < 4.78 is 0. The van der Waals surface area contributed by atoms with E-state index in [0.717, 1.165) is 5.92 Å². The van der Waals surface area contributed by atoms with Crippen LogP contribution >= 0.6 is 0 Å². The van der Waals surface area contributed by atoms with Crippen LogP contribution in [-0.2, 0) is 12.8 Å². The van der Waals surface area contributed by atoms with Gasteiger partial charge in [0.25, 0.3) is 0 Å². The highest BCUT2D eigenvalue weighted by Gasteiger charge is 2.20. The predicted molar refractivity (Wildman–Crippen MR) is 80.5 cm³/mol. The molecule has 1 aromatic rings. The zero-order valence-corrected chi connectivity index (χ0v) is 11.9. The molecule has 3 rings (SSSR count). The molecule has 1 aromatic carbocycles. The number of benzene rings is 1. The van der Waals surface area contributed by atoms with Crippen LogP contribution in [0.5, 0.6) is 0 Å². The minimum Gasteiger partial charge on any atom is -0.316 e. The van der Waals surface area contributed by atoms with Crippen molar-refractivity contribution in [3.8, 4) is 0 Å². The Morgan fingerprint density at radius 2 is 1.74 bits per heavy atom. The maximum absolute atomic E-state index is 3.66. The van der Waals surface area contributed by atoms with Crippen LogP contribution in [0.3, 0.4) is 0 Å². The molecule has 0 atom stereocenters. The molecule has 0 unspecified atom stereocenters. The smallest absolute Gasteiger partial charge is 0.000664 e. The van der Waals surface area contributed by atoms with Gasteiger partial charge in [-0.15, -0.1) is 0 Å². The Kier molecular flexibility index (Phi) is 4.52. The van der Waals surface area contributed by atoms with Crippen LogP contribution in [0, 0.1) is 5.92 Å². The van der Waals surface area contributed by atoms with E-state index in [9.17, 15) is 0 Å². The third kappa shape index (κ3) is 3.58. The van der Waals surface area contributed by atoms with Gasteiger partial charge < -0.3 is 10.2 Å². The number of fused-ring (bicyclic) bond motifs is 1. The van der Waals surface area contributed by atoms with E-state index in [1.807, 2.05) is 0 Å². The monoisotopic (exact) mass is 258 g/mol. The van der Waals surface area contributed by atoms with Crippen molar-refractivity contribution in [1.82, 2.24) is 10.2 Å². The molecule has 1 aliphatic carbocycles. The molecule has 2 nitrogen and oxygen atoms in total. The molecular formula is C17H26N2. The second-order valence-electron chi connectivity index (χ2n) is 6.15. The number of rotatable bonds is 6. The molecule has 0 bridgehead atoms. The molecule has 19 heavy (non-hydrogen) atoms. The van der Waals surface area contributed by atoms with E-state index in [0.29, 0.717) is 0 Å². The van der Waals surface area contributed by atoms with E-state index < -0.39 is 0 Å². The standard InChI is InChI=1S/C17H26N2/c1-2-7-17-13-15(12-16(17)6-1)14-18-8-5-11-19-9-3-4-10-19/h1-2,6-7,15,18H,3-5,8-14H2. The highest BCUT2D eigenvalue weighted by Crippen LogP contribution is 2.25. The average molecular weight is 258 g/mol. The summed E-state index contributed by atoms with van der Waals surface area (Å²) in [5, 5.41) is 3.66. The lowest BCUT2D eigenvalue weighted by atomic mass is 10.1. The van der Waals surface area contributed by atoms with E-state index in [1.54, 1.807) is 11.1 Å². The van der Waals surface area contributed by atoms with Gasteiger partial charge in [-0.1, -0.05) is 24.3 Å². The maximum atomic E-state index is 3.66. The van der Waals surface area contributed by atoms with Crippen molar-refractivity contribution in [3.63, 3.8) is 0 Å². The summed E-state index contributed by atoms with van der Waals surface area (Å²) in [7, 11) is 0. The summed E-state index contributed by atoms with van der Waals surface area (Å²) in [5.74, 6) is 0.823. The zero-order chi connectivity index (χ0) is 12.9. The Hall–Kier alpha value is -0.860. The van der Waals surface area contributed by atoms with Crippen molar-refractivity contribution in [2.45, 2.75) is 32.1 Å². The molecule has 0 saturated carbocycles. The summed E-state index contributed by atoms with van der Waals surface area (Å²) in [4.78, 5) is 2.60. The molecule has 2 aliphatic rings. The van der Waals surface area contributed by atoms with Crippen molar-refractivity contribution in [2.24, 2.45) is 5.92 Å². The lowest BCUT2D eigenvalue weighted by Gasteiger charge is -2.15. The van der Waals surface area contributed by atoms with Crippen molar-refractivity contribution in [2.75, 3.05) is 32.7 Å². The van der Waals surface area contributed by atoms with Crippen LogP contribution in [0.15, 0.2) is 24.3 Å². The first-order valence-electron chi connectivity index (χ1n) is 7.91. The number of nitrogens with zero attached hydrogens (tertiary/aromatic N) is 1. The van der Waals surface area contributed by atoms with Gasteiger partial charge in [0.05, 0.1) is 0 Å². The van der Waals surface area contributed by atoms with Gasteiger partial charge in [0.1, 0.15) is 0 Å². The van der Waals surface area contributed by atoms with Crippen LogP contribution in [-0.4, -0.2) is 37.6 Å². The highest BCUT2D eigenvalue weighted by molar-refractivity contribution is 5.32. The molecular weight excluding hydrogens is 232 g/mol. The highest BCUT2D eigenvalue weighted by atomic mass is 15.1. The van der Waals surface area contributed by atoms with Crippen molar-refractivity contribution < 1.29 is 0 Å². The SMILES string of the molecule is c1ccc2c(c1)CC(CNCCCN1CCCC1)C2. The largest absolute Gasteiger partial charge is 0.316 e. The third-order valence-electron chi connectivity index (χ3n) is 4.60. The zero-order valence-electron chi connectivity index (χ0n) is 11.9. The van der Waals surface area contributed by atoms with E-state index in [-0.39, 0.29) is 0 Å². The van der Waals surface area contributed by atoms with E-state index >= 15 is 0 Å². The van der Waals surface area contributed by atoms with Gasteiger partial charge in [-0.05, 0) is 81.9 Å². The van der Waals surface area contributed by atoms with Crippen molar-refractivity contribution in [1.29, 1.82) is 0 Å². The summed E-state index contributed by atoms with van der Waals surface area (Å²) in [6, 6.07) is 8.93. The Labute approximate surface area is 117 Å². The lowest BCUT2D eigenvalue weighted by molar-refractivity contribution is 0.329. The van der Waals surface area contributed by atoms with E-state index in [4.69, 9.17) is 0 Å². The van der Waals surface area contributed by atoms with Gasteiger partial charge in [-0.3, -0.25) is 0 Å².